The Morgan fingerprint density at radius 1 is 0.308 bits per heavy atom. The smallest absolute Gasteiger partial charge is 0.266 e. The van der Waals surface area contributed by atoms with Gasteiger partial charge in [-0.05, 0) is 0 Å². The van der Waals surface area contributed by atoms with E-state index < -0.39 is 76.9 Å². The highest BCUT2D eigenvalue weighted by Crippen LogP contribution is 2.81. The van der Waals surface area contributed by atoms with Crippen molar-refractivity contribution in [1.29, 1.82) is 0 Å². The van der Waals surface area contributed by atoms with Crippen LogP contribution in [-0.2, 0) is 0 Å². The van der Waals surface area contributed by atoms with Gasteiger partial charge in [0.2, 0.25) is 0 Å². The first-order valence-electron chi connectivity index (χ1n) is 8.26. The van der Waals surface area contributed by atoms with Gasteiger partial charge in [-0.3, -0.25) is 5.73 Å². The van der Waals surface area contributed by atoms with Crippen LogP contribution in [0, 0.1) is 0 Å². The van der Waals surface area contributed by atoms with Crippen LogP contribution in [0.2, 0.25) is 0 Å². The summed E-state index contributed by atoms with van der Waals surface area (Å²) in [6.45, 7) is 0. The molecule has 2 aliphatic rings. The van der Waals surface area contributed by atoms with Crippen molar-refractivity contribution in [3.63, 3.8) is 0 Å². The summed E-state index contributed by atoms with van der Waals surface area (Å²) in [6.07, 6.45) is -6.33. The minimum Gasteiger partial charge on any atom is -0.266 e. The van der Waals surface area contributed by atoms with E-state index in [0.717, 1.165) is 0 Å². The van der Waals surface area contributed by atoms with E-state index in [1.54, 1.807) is 0 Å². The molecule has 0 aromatic heterocycles. The number of nitrogens with two attached hydrogens (primary N) is 1. The van der Waals surface area contributed by atoms with Crippen molar-refractivity contribution >= 4 is 0 Å². The summed E-state index contributed by atoms with van der Waals surface area (Å²) in [7, 11) is 0. The molecule has 0 aromatic rings. The van der Waals surface area contributed by atoms with E-state index in [2.05, 4.69) is 5.73 Å². The van der Waals surface area contributed by atoms with Crippen molar-refractivity contribution < 1.29 is 110 Å². The van der Waals surface area contributed by atoms with Gasteiger partial charge in [0, 0.05) is 0 Å². The highest BCUT2D eigenvalue weighted by Gasteiger charge is 3.15. The number of hydrogen-bond donors (Lipinski definition) is 1. The van der Waals surface area contributed by atoms with Crippen LogP contribution in [0.1, 0.15) is 0 Å². The number of hydrogen-bond acceptors (Lipinski definition) is 1. The highest BCUT2D eigenvalue weighted by molar-refractivity contribution is 5.42. The first kappa shape index (κ1) is 35.2. The summed E-state index contributed by atoms with van der Waals surface area (Å²) in [5.74, 6) is -73.0. The van der Waals surface area contributed by atoms with E-state index in [-0.39, 0.29) is 0 Å². The van der Waals surface area contributed by atoms with Crippen LogP contribution in [0.3, 0.4) is 0 Å². The molecule has 26 heteroatoms. The van der Waals surface area contributed by atoms with Crippen molar-refractivity contribution in [1.82, 2.24) is 0 Å². The Labute approximate surface area is 194 Å². The van der Waals surface area contributed by atoms with E-state index >= 15 is 0 Å². The van der Waals surface area contributed by atoms with Crippen molar-refractivity contribution in [2.24, 2.45) is 5.73 Å². The largest absolute Gasteiger partial charge is 0.461 e. The number of alkyl halides is 25. The fourth-order valence-corrected chi connectivity index (χ4v) is 3.10. The maximum absolute atomic E-state index is 14.2. The van der Waals surface area contributed by atoms with Gasteiger partial charge in [-0.15, -0.1) is 0 Å². The van der Waals surface area contributed by atoms with Gasteiger partial charge in [-0.1, -0.05) is 0 Å². The lowest BCUT2D eigenvalue weighted by Crippen LogP contribution is -2.98. The van der Waals surface area contributed by atoms with Crippen LogP contribution in [0.5, 0.6) is 0 Å². The Morgan fingerprint density at radius 3 is 0.538 bits per heavy atom. The predicted molar refractivity (Wildman–Crippen MR) is 67.4 cm³/mol. The van der Waals surface area contributed by atoms with Gasteiger partial charge in [0.1, 0.15) is 0 Å². The molecule has 0 aliphatic heterocycles. The van der Waals surface area contributed by atoms with Gasteiger partial charge in [-0.25, -0.2) is 8.78 Å². The lowest BCUT2D eigenvalue weighted by Gasteiger charge is -2.63. The van der Waals surface area contributed by atoms with Gasteiger partial charge in [0.25, 0.3) is 11.3 Å². The number of fused-ring (bicyclic) bond motifs is 1. The van der Waals surface area contributed by atoms with Crippen LogP contribution >= 0.6 is 0 Å². The second-order valence-electron chi connectivity index (χ2n) is 7.61. The maximum atomic E-state index is 14.2. The third-order valence-electron chi connectivity index (χ3n) is 5.35. The van der Waals surface area contributed by atoms with Crippen LogP contribution in [0.25, 0.3) is 0 Å². The summed E-state index contributed by atoms with van der Waals surface area (Å²) in [5, 5.41) is 0. The quantitative estimate of drug-likeness (QED) is 0.236. The molecule has 2 rings (SSSR count). The number of rotatable bonds is 1. The maximum Gasteiger partial charge on any atom is 0.461 e. The first-order chi connectivity index (χ1) is 16.2. The molecule has 0 spiro atoms. The third-order valence-corrected chi connectivity index (χ3v) is 5.35. The Hall–Kier alpha value is -1.79. The van der Waals surface area contributed by atoms with Crippen LogP contribution in [0.15, 0.2) is 0 Å². The molecule has 2 aliphatic carbocycles. The topological polar surface area (TPSA) is 26.0 Å². The van der Waals surface area contributed by atoms with Crippen molar-refractivity contribution in [3.05, 3.63) is 0 Å². The molecule has 234 valence electrons. The normalized spacial score (nSPS) is 35.2. The standard InChI is InChI=1S/C10F18.C3H2F7N/c11-1-2(12,5(17,18)9(25,26)7(21,22)3(1,13)14)6(19,20)10(27,28)8(23,24)4(1,15)16;4-1(5,2(6,7)8)3(9,10)11/h;11H2. The second-order valence-corrected chi connectivity index (χ2v) is 7.61. The van der Waals surface area contributed by atoms with Crippen LogP contribution < -0.4 is 5.73 Å². The molecule has 0 unspecified atom stereocenters. The second kappa shape index (κ2) is 7.73. The Morgan fingerprint density at radius 2 is 0.462 bits per heavy atom. The van der Waals surface area contributed by atoms with Crippen molar-refractivity contribution in [3.8, 4) is 0 Å². The molecule has 0 heterocycles. The summed E-state index contributed by atoms with van der Waals surface area (Å²) < 4.78 is 319. The molecule has 0 atom stereocenters. The van der Waals surface area contributed by atoms with Gasteiger partial charge < -0.3 is 0 Å². The Kier molecular flexibility index (Phi) is 6.98. The molecule has 0 amide bonds. The molecule has 0 saturated heterocycles. The predicted octanol–water partition coefficient (Wildman–Crippen LogP) is 7.25. The van der Waals surface area contributed by atoms with Crippen molar-refractivity contribution in [2.45, 2.75) is 76.9 Å². The lowest BCUT2D eigenvalue weighted by molar-refractivity contribution is -0.560. The summed E-state index contributed by atoms with van der Waals surface area (Å²) >= 11 is 0. The fraction of sp³-hybridized carbons (Fsp3) is 1.00. The summed E-state index contributed by atoms with van der Waals surface area (Å²) in [5.41, 5.74) is -14.0. The molecule has 0 bridgehead atoms. The van der Waals surface area contributed by atoms with Gasteiger partial charge in [-0.2, -0.15) is 101 Å². The van der Waals surface area contributed by atoms with Crippen LogP contribution in [-0.4, -0.2) is 76.9 Å². The van der Waals surface area contributed by atoms with Gasteiger partial charge in [0.05, 0.1) is 0 Å². The highest BCUT2D eigenvalue weighted by atomic mass is 19.4. The average molecular weight is 647 g/mol. The molecule has 2 N–H and O–H groups in total. The van der Waals surface area contributed by atoms with Crippen LogP contribution in [0.4, 0.5) is 110 Å². The molecule has 2 fully saturated rings. The molecular formula is C13H2F25N. The Balaban J connectivity index is 0.000000584. The summed E-state index contributed by atoms with van der Waals surface area (Å²) in [4.78, 5) is 0. The van der Waals surface area contributed by atoms with E-state index in [0.29, 0.717) is 0 Å². The average Bonchev–Trinajstić information content (AvgIpc) is 2.68. The summed E-state index contributed by atoms with van der Waals surface area (Å²) in [6, 6.07) is -5.58. The monoisotopic (exact) mass is 647 g/mol. The molecule has 2 saturated carbocycles. The minimum atomic E-state index is -8.64. The zero-order valence-electron chi connectivity index (χ0n) is 16.5. The van der Waals surface area contributed by atoms with E-state index in [1.165, 1.54) is 0 Å². The Bertz CT molecular complexity index is 835. The molecule has 1 nitrogen and oxygen atoms in total. The lowest BCUT2D eigenvalue weighted by atomic mass is 9.54. The van der Waals surface area contributed by atoms with Crippen molar-refractivity contribution in [2.75, 3.05) is 0 Å². The van der Waals surface area contributed by atoms with E-state index in [9.17, 15) is 110 Å². The third kappa shape index (κ3) is 3.19. The SMILES string of the molecule is FC1(F)C(F)(F)C(F)(F)C2(F)C(F)(F)C(F)(F)C(F)(F)C(F)(F)C2(F)C1(F)F.NC(F)(F)C(F)(F)C(F)(F)F. The van der Waals surface area contributed by atoms with E-state index in [4.69, 9.17) is 0 Å². The number of halogens is 25. The molecule has 0 aromatic carbocycles. The molecule has 39 heavy (non-hydrogen) atoms. The van der Waals surface area contributed by atoms with Gasteiger partial charge in [0.15, 0.2) is 0 Å². The molecule has 0 radical (unpaired) electrons. The van der Waals surface area contributed by atoms with Gasteiger partial charge >= 0.3 is 65.5 Å². The zero-order chi connectivity index (χ0) is 32.5. The molecular weight excluding hydrogens is 645 g/mol. The first-order valence-corrected chi connectivity index (χ1v) is 8.26. The van der Waals surface area contributed by atoms with E-state index in [1.807, 2.05) is 0 Å². The minimum absolute atomic E-state index is 3.30. The fourth-order valence-electron chi connectivity index (χ4n) is 3.10. The zero-order valence-corrected chi connectivity index (χ0v) is 16.5.